The highest BCUT2D eigenvalue weighted by Gasteiger charge is 2.29. The standard InChI is InChI=1S/C12H15F3N4/c1-19-10-5-3-2-4-8(10)11(18-19)9(17-16)6-7-12(13,14)15/h2-5,9,17H,6-7,16H2,1H3. The summed E-state index contributed by atoms with van der Waals surface area (Å²) in [6.45, 7) is 0. The number of rotatable bonds is 4. The lowest BCUT2D eigenvalue weighted by atomic mass is 10.0. The minimum Gasteiger partial charge on any atom is -0.271 e. The molecule has 0 bridgehead atoms. The topological polar surface area (TPSA) is 55.9 Å². The molecule has 4 nitrogen and oxygen atoms in total. The third-order valence-corrected chi connectivity index (χ3v) is 3.03. The van der Waals surface area contributed by atoms with Gasteiger partial charge in [0.25, 0.3) is 0 Å². The maximum absolute atomic E-state index is 12.3. The molecule has 0 aliphatic carbocycles. The van der Waals surface area contributed by atoms with Crippen molar-refractivity contribution in [2.45, 2.75) is 25.1 Å². The molecule has 0 saturated carbocycles. The first-order valence-corrected chi connectivity index (χ1v) is 5.87. The predicted molar refractivity (Wildman–Crippen MR) is 66.1 cm³/mol. The van der Waals surface area contributed by atoms with Crippen LogP contribution in [0.25, 0.3) is 10.9 Å². The average molecular weight is 272 g/mol. The fourth-order valence-electron chi connectivity index (χ4n) is 2.11. The summed E-state index contributed by atoms with van der Waals surface area (Å²) >= 11 is 0. The Kier molecular flexibility index (Phi) is 3.77. The molecule has 3 N–H and O–H groups in total. The van der Waals surface area contributed by atoms with Crippen molar-refractivity contribution in [3.63, 3.8) is 0 Å². The largest absolute Gasteiger partial charge is 0.389 e. The Morgan fingerprint density at radius 2 is 2.05 bits per heavy atom. The number of halogens is 3. The quantitative estimate of drug-likeness (QED) is 0.664. The second kappa shape index (κ2) is 5.18. The van der Waals surface area contributed by atoms with E-state index in [1.165, 1.54) is 0 Å². The van der Waals surface area contributed by atoms with Gasteiger partial charge in [-0.15, -0.1) is 0 Å². The number of para-hydroxylation sites is 1. The van der Waals surface area contributed by atoms with Crippen LogP contribution in [0, 0.1) is 0 Å². The normalized spacial score (nSPS) is 13.9. The second-order valence-corrected chi connectivity index (χ2v) is 4.40. The number of hydrogen-bond donors (Lipinski definition) is 2. The van der Waals surface area contributed by atoms with Gasteiger partial charge in [0.2, 0.25) is 0 Å². The first-order chi connectivity index (χ1) is 8.92. The molecule has 0 spiro atoms. The summed E-state index contributed by atoms with van der Waals surface area (Å²) in [4.78, 5) is 0. The minimum absolute atomic E-state index is 0.138. The number of hydrogen-bond acceptors (Lipinski definition) is 3. The molecule has 0 aliphatic heterocycles. The molecule has 0 aliphatic rings. The summed E-state index contributed by atoms with van der Waals surface area (Å²) in [6, 6.07) is 6.76. The van der Waals surface area contributed by atoms with Crippen LogP contribution < -0.4 is 11.3 Å². The van der Waals surface area contributed by atoms with Gasteiger partial charge in [-0.05, 0) is 12.5 Å². The zero-order chi connectivity index (χ0) is 14.0. The fraction of sp³-hybridized carbons (Fsp3) is 0.417. The van der Waals surface area contributed by atoms with Crippen LogP contribution in [-0.4, -0.2) is 16.0 Å². The Labute approximate surface area is 108 Å². The van der Waals surface area contributed by atoms with E-state index in [0.717, 1.165) is 10.9 Å². The molecule has 1 atom stereocenters. The fourth-order valence-corrected chi connectivity index (χ4v) is 2.11. The van der Waals surface area contributed by atoms with Gasteiger partial charge in [0.05, 0.1) is 17.3 Å². The zero-order valence-corrected chi connectivity index (χ0v) is 10.4. The number of aryl methyl sites for hydroxylation is 1. The first-order valence-electron chi connectivity index (χ1n) is 5.87. The lowest BCUT2D eigenvalue weighted by molar-refractivity contribution is -0.136. The maximum Gasteiger partial charge on any atom is 0.389 e. The SMILES string of the molecule is Cn1nc(C(CCC(F)(F)F)NN)c2ccccc21. The zero-order valence-electron chi connectivity index (χ0n) is 10.4. The molecule has 0 saturated heterocycles. The molecule has 0 fully saturated rings. The third-order valence-electron chi connectivity index (χ3n) is 3.03. The molecule has 1 aromatic heterocycles. The number of fused-ring (bicyclic) bond motifs is 1. The summed E-state index contributed by atoms with van der Waals surface area (Å²) in [5, 5.41) is 5.08. The van der Waals surface area contributed by atoms with Gasteiger partial charge in [-0.3, -0.25) is 16.0 Å². The van der Waals surface area contributed by atoms with Crippen molar-refractivity contribution in [3.05, 3.63) is 30.0 Å². The minimum atomic E-state index is -4.19. The van der Waals surface area contributed by atoms with Crippen LogP contribution in [0.3, 0.4) is 0 Å². The summed E-state index contributed by atoms with van der Waals surface area (Å²) in [6.07, 6.45) is -5.23. The highest BCUT2D eigenvalue weighted by atomic mass is 19.4. The highest BCUT2D eigenvalue weighted by molar-refractivity contribution is 5.82. The summed E-state index contributed by atoms with van der Waals surface area (Å²) < 4.78 is 38.5. The highest BCUT2D eigenvalue weighted by Crippen LogP contribution is 2.30. The van der Waals surface area contributed by atoms with Crippen molar-refractivity contribution in [2.24, 2.45) is 12.9 Å². The van der Waals surface area contributed by atoms with Crippen LogP contribution in [0.5, 0.6) is 0 Å². The van der Waals surface area contributed by atoms with Gasteiger partial charge >= 0.3 is 6.18 Å². The molecule has 1 heterocycles. The molecule has 19 heavy (non-hydrogen) atoms. The molecule has 2 rings (SSSR count). The van der Waals surface area contributed by atoms with E-state index in [1.54, 1.807) is 11.7 Å². The molecular formula is C12H15F3N4. The van der Waals surface area contributed by atoms with Crippen molar-refractivity contribution >= 4 is 10.9 Å². The van der Waals surface area contributed by atoms with Crippen molar-refractivity contribution in [1.82, 2.24) is 15.2 Å². The summed E-state index contributed by atoms with van der Waals surface area (Å²) in [7, 11) is 1.75. The number of alkyl halides is 3. The van der Waals surface area contributed by atoms with Crippen molar-refractivity contribution in [1.29, 1.82) is 0 Å². The Morgan fingerprint density at radius 3 is 2.68 bits per heavy atom. The van der Waals surface area contributed by atoms with Crippen molar-refractivity contribution in [3.8, 4) is 0 Å². The summed E-state index contributed by atoms with van der Waals surface area (Å²) in [5.41, 5.74) is 3.83. The Morgan fingerprint density at radius 1 is 1.37 bits per heavy atom. The van der Waals surface area contributed by atoms with Gasteiger partial charge < -0.3 is 0 Å². The van der Waals surface area contributed by atoms with E-state index in [1.807, 2.05) is 24.3 Å². The molecule has 1 aromatic carbocycles. The second-order valence-electron chi connectivity index (χ2n) is 4.40. The number of nitrogens with two attached hydrogens (primary N) is 1. The van der Waals surface area contributed by atoms with Gasteiger partial charge in [0.15, 0.2) is 0 Å². The van der Waals surface area contributed by atoms with Crippen molar-refractivity contribution in [2.75, 3.05) is 0 Å². The van der Waals surface area contributed by atoms with Crippen LogP contribution >= 0.6 is 0 Å². The smallest absolute Gasteiger partial charge is 0.271 e. The molecule has 0 radical (unpaired) electrons. The maximum atomic E-state index is 12.3. The first kappa shape index (κ1) is 13.8. The average Bonchev–Trinajstić information content (AvgIpc) is 2.68. The van der Waals surface area contributed by atoms with E-state index >= 15 is 0 Å². The van der Waals surface area contributed by atoms with E-state index in [0.29, 0.717) is 5.69 Å². The Hall–Kier alpha value is -1.60. The molecule has 2 aromatic rings. The lowest BCUT2D eigenvalue weighted by Crippen LogP contribution is -2.29. The summed E-state index contributed by atoms with van der Waals surface area (Å²) in [5.74, 6) is 5.37. The molecule has 1 unspecified atom stereocenters. The number of nitrogens with zero attached hydrogens (tertiary/aromatic N) is 2. The molecule has 104 valence electrons. The third kappa shape index (κ3) is 3.05. The Balaban J connectivity index is 2.31. The van der Waals surface area contributed by atoms with Gasteiger partial charge in [-0.25, -0.2) is 0 Å². The van der Waals surface area contributed by atoms with Crippen LogP contribution in [0.15, 0.2) is 24.3 Å². The number of nitrogens with one attached hydrogen (secondary N) is 1. The predicted octanol–water partition coefficient (Wildman–Crippen LogP) is 2.42. The van der Waals surface area contributed by atoms with Crippen LogP contribution in [-0.2, 0) is 7.05 Å². The molecule has 0 amide bonds. The van der Waals surface area contributed by atoms with Crippen LogP contribution in [0.2, 0.25) is 0 Å². The number of hydrazine groups is 1. The number of aromatic nitrogens is 2. The monoisotopic (exact) mass is 272 g/mol. The molecule has 7 heteroatoms. The van der Waals surface area contributed by atoms with E-state index in [9.17, 15) is 13.2 Å². The van der Waals surface area contributed by atoms with E-state index in [-0.39, 0.29) is 6.42 Å². The van der Waals surface area contributed by atoms with Gasteiger partial charge in [-0.2, -0.15) is 18.3 Å². The van der Waals surface area contributed by atoms with Crippen LogP contribution in [0.1, 0.15) is 24.6 Å². The van der Waals surface area contributed by atoms with Gasteiger partial charge in [0.1, 0.15) is 0 Å². The van der Waals surface area contributed by atoms with E-state index in [2.05, 4.69) is 10.5 Å². The lowest BCUT2D eigenvalue weighted by Gasteiger charge is -2.15. The van der Waals surface area contributed by atoms with Crippen molar-refractivity contribution < 1.29 is 13.2 Å². The van der Waals surface area contributed by atoms with Crippen LogP contribution in [0.4, 0.5) is 13.2 Å². The van der Waals surface area contributed by atoms with E-state index < -0.39 is 18.6 Å². The van der Waals surface area contributed by atoms with E-state index in [4.69, 9.17) is 5.84 Å². The molecular weight excluding hydrogens is 257 g/mol. The number of benzene rings is 1. The van der Waals surface area contributed by atoms with Gasteiger partial charge in [-0.1, -0.05) is 18.2 Å². The van der Waals surface area contributed by atoms with Gasteiger partial charge in [0, 0.05) is 18.9 Å². The Bertz CT molecular complexity index is 562.